The molecule has 5 rings (SSSR count). The zero-order chi connectivity index (χ0) is 23.8. The second-order valence-corrected chi connectivity index (χ2v) is 11.1. The summed E-state index contributed by atoms with van der Waals surface area (Å²) in [6.45, 7) is 3.21. The number of amides is 1. The van der Waals surface area contributed by atoms with Gasteiger partial charge in [0.25, 0.3) is 5.56 Å². The van der Waals surface area contributed by atoms with Gasteiger partial charge in [-0.2, -0.15) is 0 Å². The molecule has 0 aromatic carbocycles. The van der Waals surface area contributed by atoms with Crippen molar-refractivity contribution in [2.75, 3.05) is 13.1 Å². The average molecular weight is 467 g/mol. The number of carbonyl (C=O) groups is 1. The first-order valence-electron chi connectivity index (χ1n) is 13.2. The van der Waals surface area contributed by atoms with Crippen LogP contribution < -0.4 is 5.56 Å². The van der Waals surface area contributed by atoms with Crippen molar-refractivity contribution >= 4 is 16.8 Å². The summed E-state index contributed by atoms with van der Waals surface area (Å²) >= 11 is 0. The van der Waals surface area contributed by atoms with Gasteiger partial charge in [0.2, 0.25) is 5.91 Å². The molecule has 1 spiro atoms. The molecule has 2 aromatic rings. The quantitative estimate of drug-likeness (QED) is 0.720. The molecule has 1 amide bonds. The van der Waals surface area contributed by atoms with E-state index in [4.69, 9.17) is 0 Å². The number of aromatic nitrogens is 3. The van der Waals surface area contributed by atoms with Crippen molar-refractivity contribution in [2.24, 2.45) is 11.3 Å². The van der Waals surface area contributed by atoms with Crippen LogP contribution in [-0.2, 0) is 11.3 Å². The molecular weight excluding hydrogens is 428 g/mol. The van der Waals surface area contributed by atoms with E-state index in [2.05, 4.69) is 9.97 Å². The fraction of sp³-hybridized carbons (Fsp3) is 0.704. The lowest BCUT2D eigenvalue weighted by molar-refractivity contribution is -0.160. The summed E-state index contributed by atoms with van der Waals surface area (Å²) in [5.74, 6) is 1.54. The van der Waals surface area contributed by atoms with Crippen LogP contribution in [0, 0.1) is 18.3 Å². The van der Waals surface area contributed by atoms with Gasteiger partial charge in [0.1, 0.15) is 5.82 Å². The van der Waals surface area contributed by atoms with Gasteiger partial charge in [-0.3, -0.25) is 19.1 Å². The molecule has 3 aliphatic rings. The Bertz CT molecular complexity index is 1100. The predicted octanol–water partition coefficient (Wildman–Crippen LogP) is 3.98. The number of hydrogen-bond donors (Lipinski definition) is 1. The topological polar surface area (TPSA) is 88.3 Å². The highest BCUT2D eigenvalue weighted by atomic mass is 16.3. The maximum atomic E-state index is 13.3. The Morgan fingerprint density at radius 2 is 1.91 bits per heavy atom. The third kappa shape index (κ3) is 4.28. The summed E-state index contributed by atoms with van der Waals surface area (Å²) in [7, 11) is 0. The molecule has 3 fully saturated rings. The van der Waals surface area contributed by atoms with Crippen LogP contribution in [0.5, 0.6) is 0 Å². The lowest BCUT2D eigenvalue weighted by Crippen LogP contribution is -2.62. The molecule has 2 aliphatic carbocycles. The maximum Gasteiger partial charge on any atom is 0.261 e. The molecule has 1 saturated heterocycles. The first kappa shape index (κ1) is 23.5. The van der Waals surface area contributed by atoms with Gasteiger partial charge in [-0.1, -0.05) is 44.9 Å². The Morgan fingerprint density at radius 1 is 1.15 bits per heavy atom. The van der Waals surface area contributed by atoms with Crippen LogP contribution in [0.25, 0.3) is 10.9 Å². The highest BCUT2D eigenvalue weighted by Crippen LogP contribution is 2.51. The van der Waals surface area contributed by atoms with Gasteiger partial charge in [0.05, 0.1) is 29.2 Å². The van der Waals surface area contributed by atoms with Crippen LogP contribution in [0.2, 0.25) is 0 Å². The van der Waals surface area contributed by atoms with Crippen molar-refractivity contribution in [1.29, 1.82) is 0 Å². The molecule has 7 nitrogen and oxygen atoms in total. The molecule has 1 unspecified atom stereocenters. The highest BCUT2D eigenvalue weighted by molar-refractivity contribution is 5.77. The molecule has 0 bridgehead atoms. The van der Waals surface area contributed by atoms with Crippen molar-refractivity contribution < 1.29 is 9.90 Å². The van der Waals surface area contributed by atoms with Crippen LogP contribution in [0.15, 0.2) is 23.3 Å². The van der Waals surface area contributed by atoms with Crippen molar-refractivity contribution in [3.8, 4) is 0 Å². The normalized spacial score (nSPS) is 25.3. The molecule has 1 atom stereocenters. The number of likely N-dealkylation sites (tertiary alicyclic amines) is 1. The van der Waals surface area contributed by atoms with Crippen LogP contribution in [0.4, 0.5) is 0 Å². The van der Waals surface area contributed by atoms with E-state index in [0.29, 0.717) is 48.6 Å². The zero-order valence-electron chi connectivity index (χ0n) is 20.5. The van der Waals surface area contributed by atoms with Gasteiger partial charge in [0.15, 0.2) is 0 Å². The van der Waals surface area contributed by atoms with Crippen molar-refractivity contribution in [3.63, 3.8) is 0 Å². The number of fused-ring (bicyclic) bond motifs is 1. The zero-order valence-corrected chi connectivity index (χ0v) is 20.5. The monoisotopic (exact) mass is 466 g/mol. The molecule has 1 aliphatic heterocycles. The largest absolute Gasteiger partial charge is 0.387 e. The van der Waals surface area contributed by atoms with E-state index in [1.54, 1.807) is 23.0 Å². The molecule has 34 heavy (non-hydrogen) atoms. The molecule has 3 heterocycles. The number of aliphatic hydroxyl groups is 1. The number of rotatable bonds is 5. The molecular formula is C27H38N4O3. The summed E-state index contributed by atoms with van der Waals surface area (Å²) in [6, 6.07) is 1.70. The van der Waals surface area contributed by atoms with E-state index >= 15 is 0 Å². The molecule has 2 aromatic heterocycles. The first-order valence-corrected chi connectivity index (χ1v) is 13.2. The highest BCUT2D eigenvalue weighted by Gasteiger charge is 2.55. The van der Waals surface area contributed by atoms with Crippen LogP contribution in [-0.4, -0.2) is 49.1 Å². The average Bonchev–Trinajstić information content (AvgIpc) is 3.33. The van der Waals surface area contributed by atoms with E-state index in [1.807, 2.05) is 11.8 Å². The smallest absolute Gasteiger partial charge is 0.261 e. The van der Waals surface area contributed by atoms with E-state index in [9.17, 15) is 14.7 Å². The Balaban J connectivity index is 1.35. The van der Waals surface area contributed by atoms with Gasteiger partial charge >= 0.3 is 0 Å². The van der Waals surface area contributed by atoms with E-state index < -0.39 is 5.60 Å². The van der Waals surface area contributed by atoms with Gasteiger partial charge < -0.3 is 10.0 Å². The fourth-order valence-electron chi connectivity index (χ4n) is 6.90. The molecule has 184 valence electrons. The van der Waals surface area contributed by atoms with E-state index in [0.717, 1.165) is 32.1 Å². The number of hydrogen-bond acceptors (Lipinski definition) is 5. The summed E-state index contributed by atoms with van der Waals surface area (Å²) in [5, 5.41) is 12.6. The minimum absolute atomic E-state index is 0.127. The number of piperidine rings is 1. The van der Waals surface area contributed by atoms with Crippen molar-refractivity contribution in [3.05, 3.63) is 34.6 Å². The SMILES string of the molecule is Cc1nc2cnccc2c(=O)n1CC1(O)CCN(C(=O)CCC2CCCCC2)CC12CCCC2. The molecule has 0 radical (unpaired) electrons. The van der Waals surface area contributed by atoms with Crippen molar-refractivity contribution in [1.82, 2.24) is 19.4 Å². The fourth-order valence-corrected chi connectivity index (χ4v) is 6.90. The number of aryl methyl sites for hydroxylation is 1. The molecule has 2 saturated carbocycles. The second kappa shape index (κ2) is 9.40. The lowest BCUT2D eigenvalue weighted by atomic mass is 9.65. The third-order valence-corrected chi connectivity index (χ3v) is 9.05. The van der Waals surface area contributed by atoms with Gasteiger partial charge in [-0.05, 0) is 44.6 Å². The molecule has 1 N–H and O–H groups in total. The lowest BCUT2D eigenvalue weighted by Gasteiger charge is -2.52. The Labute approximate surface area is 201 Å². The Morgan fingerprint density at radius 3 is 2.68 bits per heavy atom. The predicted molar refractivity (Wildman–Crippen MR) is 131 cm³/mol. The maximum absolute atomic E-state index is 13.3. The number of carbonyl (C=O) groups excluding carboxylic acids is 1. The summed E-state index contributed by atoms with van der Waals surface area (Å²) in [5.41, 5.74) is -0.925. The van der Waals surface area contributed by atoms with Crippen LogP contribution in [0.3, 0.4) is 0 Å². The minimum Gasteiger partial charge on any atom is -0.387 e. The first-order chi connectivity index (χ1) is 16.4. The number of pyridine rings is 1. The minimum atomic E-state index is -1.03. The third-order valence-electron chi connectivity index (χ3n) is 9.05. The van der Waals surface area contributed by atoms with Gasteiger partial charge in [-0.15, -0.1) is 0 Å². The van der Waals surface area contributed by atoms with Crippen LogP contribution >= 0.6 is 0 Å². The van der Waals surface area contributed by atoms with Gasteiger partial charge in [-0.25, -0.2) is 4.98 Å². The molecule has 7 heteroatoms. The Kier molecular flexibility index (Phi) is 6.49. The Hall–Kier alpha value is -2.28. The van der Waals surface area contributed by atoms with E-state index in [1.165, 1.54) is 32.1 Å². The van der Waals surface area contributed by atoms with E-state index in [-0.39, 0.29) is 23.4 Å². The standard InChI is InChI=1S/C27H38N4O3/c1-20-29-23-17-28-15-11-22(23)25(33)31(20)19-27(34)14-16-30(18-26(27)12-5-6-13-26)24(32)10-9-21-7-3-2-4-8-21/h11,15,17,21,34H,2-10,12-14,16,18-19H2,1H3. The number of nitrogens with zero attached hydrogens (tertiary/aromatic N) is 4. The summed E-state index contributed by atoms with van der Waals surface area (Å²) in [6.07, 6.45) is 15.7. The van der Waals surface area contributed by atoms with Gasteiger partial charge in [0, 0.05) is 31.1 Å². The second-order valence-electron chi connectivity index (χ2n) is 11.1. The van der Waals surface area contributed by atoms with Crippen LogP contribution in [0.1, 0.15) is 82.9 Å². The summed E-state index contributed by atoms with van der Waals surface area (Å²) < 4.78 is 1.64. The van der Waals surface area contributed by atoms with Crippen molar-refractivity contribution in [2.45, 2.75) is 96.1 Å². The summed E-state index contributed by atoms with van der Waals surface area (Å²) in [4.78, 5) is 37.2.